The summed E-state index contributed by atoms with van der Waals surface area (Å²) in [7, 11) is 1.73. The molecule has 2 amide bonds. The Bertz CT molecular complexity index is 796. The largest absolute Gasteiger partial charge is 0.361 e. The fraction of sp³-hybridized carbons (Fsp3) is 0.176. The third-order valence-electron chi connectivity index (χ3n) is 3.38. The van der Waals surface area contributed by atoms with Crippen LogP contribution in [0.5, 0.6) is 0 Å². The molecule has 0 bridgehead atoms. The molecular weight excluding hydrogens is 310 g/mol. The number of anilines is 1. The van der Waals surface area contributed by atoms with Crippen molar-refractivity contribution in [2.75, 3.05) is 12.4 Å². The van der Waals surface area contributed by atoms with E-state index < -0.39 is 0 Å². The molecule has 5 nitrogen and oxygen atoms in total. The molecule has 3 aromatic rings. The third kappa shape index (κ3) is 3.60. The Morgan fingerprint density at radius 1 is 1.30 bits per heavy atom. The number of carbonyl (C=O) groups excluding carboxylic acids is 1. The summed E-state index contributed by atoms with van der Waals surface area (Å²) in [5.41, 5.74) is 2.54. The van der Waals surface area contributed by atoms with Crippen LogP contribution in [0.1, 0.15) is 11.5 Å². The summed E-state index contributed by atoms with van der Waals surface area (Å²) < 4.78 is 5.02. The van der Waals surface area contributed by atoms with Crippen molar-refractivity contribution < 1.29 is 9.32 Å². The summed E-state index contributed by atoms with van der Waals surface area (Å²) in [4.78, 5) is 15.1. The number of amides is 2. The predicted octanol–water partition coefficient (Wildman–Crippen LogP) is 4.38. The first-order chi connectivity index (χ1) is 11.1. The van der Waals surface area contributed by atoms with Gasteiger partial charge in [0.05, 0.1) is 12.2 Å². The van der Waals surface area contributed by atoms with Crippen LogP contribution in [-0.4, -0.2) is 23.1 Å². The van der Waals surface area contributed by atoms with Crippen molar-refractivity contribution in [2.24, 2.45) is 0 Å². The van der Waals surface area contributed by atoms with Gasteiger partial charge in [0.1, 0.15) is 11.5 Å². The zero-order valence-electron chi connectivity index (χ0n) is 12.9. The summed E-state index contributed by atoms with van der Waals surface area (Å²) in [6.07, 6.45) is 0. The van der Waals surface area contributed by atoms with Gasteiger partial charge in [-0.15, -0.1) is 11.3 Å². The average Bonchev–Trinajstić information content (AvgIpc) is 3.19. The third-order valence-corrected chi connectivity index (χ3v) is 4.28. The van der Waals surface area contributed by atoms with Gasteiger partial charge < -0.3 is 14.7 Å². The van der Waals surface area contributed by atoms with Crippen LogP contribution in [0.25, 0.3) is 10.4 Å². The molecular formula is C17H17N3O2S. The van der Waals surface area contributed by atoms with E-state index >= 15 is 0 Å². The van der Waals surface area contributed by atoms with Crippen molar-refractivity contribution in [2.45, 2.75) is 13.5 Å². The van der Waals surface area contributed by atoms with E-state index in [4.69, 9.17) is 4.52 Å². The maximum atomic E-state index is 12.4. The fourth-order valence-electron chi connectivity index (χ4n) is 2.26. The first-order valence-electron chi connectivity index (χ1n) is 7.20. The van der Waals surface area contributed by atoms with Crippen LogP contribution in [-0.2, 0) is 6.54 Å². The smallest absolute Gasteiger partial charge is 0.321 e. The van der Waals surface area contributed by atoms with E-state index in [1.54, 1.807) is 23.3 Å². The molecule has 1 N–H and O–H groups in total. The first-order valence-corrected chi connectivity index (χ1v) is 8.08. The molecule has 0 atom stereocenters. The summed E-state index contributed by atoms with van der Waals surface area (Å²) >= 11 is 1.64. The van der Waals surface area contributed by atoms with Crippen LogP contribution in [0, 0.1) is 6.92 Å². The maximum Gasteiger partial charge on any atom is 0.321 e. The molecule has 0 saturated carbocycles. The van der Waals surface area contributed by atoms with E-state index in [0.717, 1.165) is 27.6 Å². The molecule has 6 heteroatoms. The summed E-state index contributed by atoms with van der Waals surface area (Å²) in [5.74, 6) is 0.733. The average molecular weight is 327 g/mol. The number of hydrogen-bond donors (Lipinski definition) is 1. The zero-order valence-corrected chi connectivity index (χ0v) is 13.8. The number of hydrogen-bond acceptors (Lipinski definition) is 4. The highest BCUT2D eigenvalue weighted by Crippen LogP contribution is 2.31. The van der Waals surface area contributed by atoms with Crippen molar-refractivity contribution in [3.8, 4) is 10.4 Å². The summed E-state index contributed by atoms with van der Waals surface area (Å²) in [6, 6.07) is 13.5. The Hall–Kier alpha value is -2.60. The van der Waals surface area contributed by atoms with Gasteiger partial charge in [0, 0.05) is 23.6 Å². The molecule has 0 aliphatic carbocycles. The first kappa shape index (κ1) is 15.3. The number of urea groups is 1. The van der Waals surface area contributed by atoms with Crippen LogP contribution in [0.2, 0.25) is 0 Å². The minimum Gasteiger partial charge on any atom is -0.361 e. The van der Waals surface area contributed by atoms with Crippen molar-refractivity contribution in [1.29, 1.82) is 0 Å². The highest BCUT2D eigenvalue weighted by molar-refractivity contribution is 7.13. The van der Waals surface area contributed by atoms with E-state index in [2.05, 4.69) is 10.5 Å². The summed E-state index contributed by atoms with van der Waals surface area (Å²) in [5, 5.41) is 8.89. The second kappa shape index (κ2) is 6.66. The van der Waals surface area contributed by atoms with Gasteiger partial charge in [-0.2, -0.15) is 0 Å². The van der Waals surface area contributed by atoms with Crippen molar-refractivity contribution in [3.05, 3.63) is 59.3 Å². The highest BCUT2D eigenvalue weighted by atomic mass is 32.1. The Morgan fingerprint density at radius 3 is 2.83 bits per heavy atom. The van der Waals surface area contributed by atoms with E-state index in [0.29, 0.717) is 6.54 Å². The molecule has 0 saturated heterocycles. The van der Waals surface area contributed by atoms with Gasteiger partial charge in [-0.05, 0) is 24.4 Å². The molecule has 0 aliphatic heterocycles. The second-order valence-electron chi connectivity index (χ2n) is 5.24. The van der Waals surface area contributed by atoms with Gasteiger partial charge in [0.15, 0.2) is 0 Å². The van der Waals surface area contributed by atoms with E-state index in [9.17, 15) is 4.79 Å². The molecule has 0 radical (unpaired) electrons. The molecule has 2 aromatic heterocycles. The fourth-order valence-corrected chi connectivity index (χ4v) is 3.02. The SMILES string of the molecule is Cc1cc(CN(C)C(=O)Nc2ccccc2-c2cccs2)no1. The number of rotatable bonds is 4. The predicted molar refractivity (Wildman–Crippen MR) is 91.5 cm³/mol. The standard InChI is InChI=1S/C17H17N3O2S/c1-12-10-13(19-22-12)11-20(2)17(21)18-15-7-4-3-6-14(15)16-8-5-9-23-16/h3-10H,11H2,1-2H3,(H,18,21). The molecule has 3 rings (SSSR count). The minimum atomic E-state index is -0.186. The molecule has 2 heterocycles. The molecule has 23 heavy (non-hydrogen) atoms. The highest BCUT2D eigenvalue weighted by Gasteiger charge is 2.14. The van der Waals surface area contributed by atoms with Gasteiger partial charge in [0.2, 0.25) is 0 Å². The van der Waals surface area contributed by atoms with Crippen LogP contribution in [0.4, 0.5) is 10.5 Å². The molecule has 118 valence electrons. The lowest BCUT2D eigenvalue weighted by atomic mass is 10.1. The number of aryl methyl sites for hydroxylation is 1. The molecule has 0 spiro atoms. The summed E-state index contributed by atoms with van der Waals surface area (Å²) in [6.45, 7) is 2.22. The van der Waals surface area contributed by atoms with Crippen molar-refractivity contribution >= 4 is 23.1 Å². The van der Waals surface area contributed by atoms with E-state index in [-0.39, 0.29) is 6.03 Å². The number of nitrogens with zero attached hydrogens (tertiary/aromatic N) is 2. The normalized spacial score (nSPS) is 10.5. The van der Waals surface area contributed by atoms with Crippen LogP contribution in [0.15, 0.2) is 52.4 Å². The Balaban J connectivity index is 1.73. The Kier molecular flexibility index (Phi) is 4.43. The number of carbonyl (C=O) groups is 1. The van der Waals surface area contributed by atoms with Gasteiger partial charge in [-0.1, -0.05) is 29.4 Å². The maximum absolute atomic E-state index is 12.4. The number of para-hydroxylation sites is 1. The van der Waals surface area contributed by atoms with Crippen molar-refractivity contribution in [1.82, 2.24) is 10.1 Å². The zero-order chi connectivity index (χ0) is 16.2. The quantitative estimate of drug-likeness (QED) is 0.774. The minimum absolute atomic E-state index is 0.186. The van der Waals surface area contributed by atoms with Crippen molar-refractivity contribution in [3.63, 3.8) is 0 Å². The van der Waals surface area contributed by atoms with Gasteiger partial charge in [-0.25, -0.2) is 4.79 Å². The second-order valence-corrected chi connectivity index (χ2v) is 6.19. The molecule has 0 fully saturated rings. The topological polar surface area (TPSA) is 58.4 Å². The lowest BCUT2D eigenvalue weighted by Gasteiger charge is -2.18. The van der Waals surface area contributed by atoms with Crippen LogP contribution in [0.3, 0.4) is 0 Å². The number of aromatic nitrogens is 1. The Labute approximate surface area is 138 Å². The molecule has 0 aliphatic rings. The Morgan fingerprint density at radius 2 is 2.13 bits per heavy atom. The monoisotopic (exact) mass is 327 g/mol. The van der Waals surface area contributed by atoms with Gasteiger partial charge in [0.25, 0.3) is 0 Å². The number of nitrogens with one attached hydrogen (secondary N) is 1. The van der Waals surface area contributed by atoms with E-state index in [1.165, 1.54) is 0 Å². The number of thiophene rings is 1. The molecule has 0 unspecified atom stereocenters. The van der Waals surface area contributed by atoms with Gasteiger partial charge >= 0.3 is 6.03 Å². The lowest BCUT2D eigenvalue weighted by molar-refractivity contribution is 0.219. The van der Waals surface area contributed by atoms with Crippen LogP contribution >= 0.6 is 11.3 Å². The number of benzene rings is 1. The van der Waals surface area contributed by atoms with Gasteiger partial charge in [-0.3, -0.25) is 0 Å². The van der Waals surface area contributed by atoms with Crippen LogP contribution < -0.4 is 5.32 Å². The molecule has 1 aromatic carbocycles. The lowest BCUT2D eigenvalue weighted by Crippen LogP contribution is -2.31. The van der Waals surface area contributed by atoms with E-state index in [1.807, 2.05) is 54.8 Å².